The number of fused-ring (bicyclic) bond motifs is 1. The number of rotatable bonds is 3. The molecule has 0 aliphatic carbocycles. The molecule has 4 heteroatoms. The summed E-state index contributed by atoms with van der Waals surface area (Å²) < 4.78 is 14.2. The molecule has 0 saturated carbocycles. The zero-order valence-electron chi connectivity index (χ0n) is 11.6. The summed E-state index contributed by atoms with van der Waals surface area (Å²) >= 11 is 6.15. The lowest BCUT2D eigenvalue weighted by molar-refractivity contribution is 0.639. The molecule has 102 valence electrons. The number of hydrogen-bond donors (Lipinski definition) is 1. The summed E-state index contributed by atoms with van der Waals surface area (Å²) in [5, 5.41) is 4.24. The van der Waals surface area contributed by atoms with Crippen LogP contribution in [0.4, 0.5) is 10.1 Å². The molecule has 0 unspecified atom stereocenters. The van der Waals surface area contributed by atoms with Gasteiger partial charge in [0.25, 0.3) is 0 Å². The average Bonchev–Trinajstić information content (AvgIpc) is 2.33. The van der Waals surface area contributed by atoms with Gasteiger partial charge in [0.15, 0.2) is 0 Å². The van der Waals surface area contributed by atoms with Crippen LogP contribution in [0.2, 0.25) is 5.02 Å². The Kier molecular flexibility index (Phi) is 3.95. The number of nitrogens with zero attached hydrogens (tertiary/aromatic N) is 1. The molecule has 19 heavy (non-hydrogen) atoms. The highest BCUT2D eigenvalue weighted by Gasteiger charge is 2.19. The van der Waals surface area contributed by atoms with Crippen LogP contribution in [0.15, 0.2) is 12.1 Å². The first-order valence-electron chi connectivity index (χ1n) is 6.49. The van der Waals surface area contributed by atoms with Gasteiger partial charge in [-0.3, -0.25) is 4.98 Å². The predicted octanol–water partition coefficient (Wildman–Crippen LogP) is 4.89. The molecule has 0 bridgehead atoms. The Balaban J connectivity index is 2.94. The van der Waals surface area contributed by atoms with Gasteiger partial charge in [0.05, 0.1) is 21.6 Å². The fourth-order valence-electron chi connectivity index (χ4n) is 2.50. The van der Waals surface area contributed by atoms with E-state index in [2.05, 4.69) is 24.1 Å². The lowest BCUT2D eigenvalue weighted by Crippen LogP contribution is -2.08. The maximum absolute atomic E-state index is 14.2. The van der Waals surface area contributed by atoms with Crippen LogP contribution >= 0.6 is 11.6 Å². The predicted molar refractivity (Wildman–Crippen MR) is 79.7 cm³/mol. The highest BCUT2D eigenvalue weighted by atomic mass is 35.5. The van der Waals surface area contributed by atoms with E-state index < -0.39 is 0 Å². The van der Waals surface area contributed by atoms with Gasteiger partial charge in [-0.05, 0) is 37.5 Å². The van der Waals surface area contributed by atoms with Crippen LogP contribution in [0.1, 0.15) is 37.9 Å². The number of aromatic nitrogens is 1. The van der Waals surface area contributed by atoms with Crippen LogP contribution in [-0.2, 0) is 0 Å². The number of hydrogen-bond acceptors (Lipinski definition) is 2. The van der Waals surface area contributed by atoms with Crippen molar-refractivity contribution in [1.82, 2.24) is 4.98 Å². The molecule has 1 N–H and O–H groups in total. The van der Waals surface area contributed by atoms with E-state index in [1.165, 1.54) is 6.07 Å². The third-order valence-corrected chi connectivity index (χ3v) is 3.50. The second kappa shape index (κ2) is 5.33. The molecule has 2 aromatic rings. The van der Waals surface area contributed by atoms with Crippen molar-refractivity contribution in [3.63, 3.8) is 0 Å². The normalized spacial score (nSPS) is 11.3. The fourth-order valence-corrected chi connectivity index (χ4v) is 2.70. The standard InChI is InChI=1S/C15H18ClFN2/c1-5-18-15-12(8(2)3)9(4)19-14-10(16)6-7-11(17)13(14)15/h6-8H,5H2,1-4H3,(H,18,19). The maximum atomic E-state index is 14.2. The molecule has 0 atom stereocenters. The molecule has 0 saturated heterocycles. The second-order valence-electron chi connectivity index (χ2n) is 4.92. The summed E-state index contributed by atoms with van der Waals surface area (Å²) in [6.45, 7) is 8.83. The van der Waals surface area contributed by atoms with E-state index in [4.69, 9.17) is 11.6 Å². The number of nitrogens with one attached hydrogen (secondary N) is 1. The minimum Gasteiger partial charge on any atom is -0.384 e. The smallest absolute Gasteiger partial charge is 0.134 e. The van der Waals surface area contributed by atoms with E-state index >= 15 is 0 Å². The molecule has 0 spiro atoms. The van der Waals surface area contributed by atoms with Gasteiger partial charge in [0.1, 0.15) is 5.82 Å². The van der Waals surface area contributed by atoms with Crippen LogP contribution in [0.3, 0.4) is 0 Å². The lowest BCUT2D eigenvalue weighted by atomic mass is 9.96. The topological polar surface area (TPSA) is 24.9 Å². The van der Waals surface area contributed by atoms with Gasteiger partial charge in [-0.15, -0.1) is 0 Å². The zero-order chi connectivity index (χ0) is 14.2. The third kappa shape index (κ3) is 2.39. The Hall–Kier alpha value is -1.35. The summed E-state index contributed by atoms with van der Waals surface area (Å²) in [6, 6.07) is 2.95. The molecule has 0 amide bonds. The minimum atomic E-state index is -0.287. The third-order valence-electron chi connectivity index (χ3n) is 3.20. The highest BCUT2D eigenvalue weighted by molar-refractivity contribution is 6.35. The second-order valence-corrected chi connectivity index (χ2v) is 5.33. The Bertz CT molecular complexity index is 623. The molecule has 0 radical (unpaired) electrons. The van der Waals surface area contributed by atoms with Crippen LogP contribution in [-0.4, -0.2) is 11.5 Å². The number of aryl methyl sites for hydroxylation is 1. The van der Waals surface area contributed by atoms with Gasteiger partial charge in [-0.2, -0.15) is 0 Å². The SMILES string of the molecule is CCNc1c(C(C)C)c(C)nc2c(Cl)ccc(F)c12. The Labute approximate surface area is 118 Å². The first kappa shape index (κ1) is 14.1. The molecule has 0 aliphatic rings. The molecule has 1 aromatic carbocycles. The molecule has 0 fully saturated rings. The van der Waals surface area contributed by atoms with Crippen molar-refractivity contribution in [1.29, 1.82) is 0 Å². The van der Waals surface area contributed by atoms with E-state index in [1.54, 1.807) is 6.07 Å². The molecular formula is C15H18ClFN2. The lowest BCUT2D eigenvalue weighted by Gasteiger charge is -2.19. The zero-order valence-corrected chi connectivity index (χ0v) is 12.4. The largest absolute Gasteiger partial charge is 0.384 e. The van der Waals surface area contributed by atoms with Gasteiger partial charge in [-0.25, -0.2) is 4.39 Å². The van der Waals surface area contributed by atoms with E-state index in [0.29, 0.717) is 15.9 Å². The maximum Gasteiger partial charge on any atom is 0.134 e. The van der Waals surface area contributed by atoms with E-state index in [9.17, 15) is 4.39 Å². The summed E-state index contributed by atoms with van der Waals surface area (Å²) in [5.74, 6) is -0.0194. The molecular weight excluding hydrogens is 263 g/mol. The van der Waals surface area contributed by atoms with Crippen LogP contribution in [0.25, 0.3) is 10.9 Å². The van der Waals surface area contributed by atoms with Crippen LogP contribution in [0.5, 0.6) is 0 Å². The summed E-state index contributed by atoms with van der Waals surface area (Å²) in [5.41, 5.74) is 3.29. The van der Waals surface area contributed by atoms with Crippen molar-refractivity contribution >= 4 is 28.2 Å². The summed E-state index contributed by atoms with van der Waals surface area (Å²) in [4.78, 5) is 4.49. The quantitative estimate of drug-likeness (QED) is 0.866. The average molecular weight is 281 g/mol. The monoisotopic (exact) mass is 280 g/mol. The van der Waals surface area contributed by atoms with Crippen molar-refractivity contribution in [3.8, 4) is 0 Å². The summed E-state index contributed by atoms with van der Waals surface area (Å²) in [6.07, 6.45) is 0. The van der Waals surface area contributed by atoms with E-state index in [-0.39, 0.29) is 11.7 Å². The molecule has 2 nitrogen and oxygen atoms in total. The van der Waals surface area contributed by atoms with Gasteiger partial charge in [-0.1, -0.05) is 25.4 Å². The van der Waals surface area contributed by atoms with Crippen molar-refractivity contribution < 1.29 is 4.39 Å². The van der Waals surface area contributed by atoms with Crippen LogP contribution < -0.4 is 5.32 Å². The van der Waals surface area contributed by atoms with Gasteiger partial charge >= 0.3 is 0 Å². The number of halogens is 2. The minimum absolute atomic E-state index is 0.268. The van der Waals surface area contributed by atoms with E-state index in [1.807, 2.05) is 13.8 Å². The van der Waals surface area contributed by atoms with Crippen molar-refractivity contribution in [2.45, 2.75) is 33.6 Å². The van der Waals surface area contributed by atoms with Crippen molar-refractivity contribution in [2.75, 3.05) is 11.9 Å². The van der Waals surface area contributed by atoms with Gasteiger partial charge in [0, 0.05) is 12.2 Å². The summed E-state index contributed by atoms with van der Waals surface area (Å²) in [7, 11) is 0. The van der Waals surface area contributed by atoms with Crippen LogP contribution in [0, 0.1) is 12.7 Å². The molecule has 1 heterocycles. The number of benzene rings is 1. The van der Waals surface area contributed by atoms with Crippen molar-refractivity contribution in [3.05, 3.63) is 34.2 Å². The first-order valence-corrected chi connectivity index (χ1v) is 6.87. The first-order chi connectivity index (χ1) is 8.97. The fraction of sp³-hybridized carbons (Fsp3) is 0.400. The van der Waals surface area contributed by atoms with E-state index in [0.717, 1.165) is 23.5 Å². The van der Waals surface area contributed by atoms with Gasteiger partial charge < -0.3 is 5.32 Å². The Morgan fingerprint density at radius 2 is 2.05 bits per heavy atom. The molecule has 0 aliphatic heterocycles. The molecule has 1 aromatic heterocycles. The highest BCUT2D eigenvalue weighted by Crippen LogP contribution is 2.37. The Morgan fingerprint density at radius 1 is 1.37 bits per heavy atom. The molecule has 2 rings (SSSR count). The van der Waals surface area contributed by atoms with Gasteiger partial charge in [0.2, 0.25) is 0 Å². The van der Waals surface area contributed by atoms with Crippen molar-refractivity contribution in [2.24, 2.45) is 0 Å². The number of anilines is 1. The Morgan fingerprint density at radius 3 is 2.63 bits per heavy atom. The number of pyridine rings is 1.